The highest BCUT2D eigenvalue weighted by Gasteiger charge is 2.30. The third kappa shape index (κ3) is 3.14. The molecule has 0 radical (unpaired) electrons. The molecule has 0 unspecified atom stereocenters. The molecule has 0 fully saturated rings. The number of alkyl halides is 3. The van der Waals surface area contributed by atoms with E-state index in [9.17, 15) is 18.0 Å². The van der Waals surface area contributed by atoms with Crippen LogP contribution >= 0.6 is 0 Å². The van der Waals surface area contributed by atoms with Crippen LogP contribution < -0.4 is 11.3 Å². The molecule has 0 aliphatic heterocycles. The summed E-state index contributed by atoms with van der Waals surface area (Å²) in [6.07, 6.45) is -0.401. The summed E-state index contributed by atoms with van der Waals surface area (Å²) in [6.45, 7) is 0.161. The van der Waals surface area contributed by atoms with Crippen LogP contribution in [0, 0.1) is 0 Å². The molecule has 4 rings (SSSR count). The summed E-state index contributed by atoms with van der Waals surface area (Å²) < 4.78 is 39.7. The Morgan fingerprint density at radius 1 is 1.11 bits per heavy atom. The van der Waals surface area contributed by atoms with Crippen LogP contribution in [0.4, 0.5) is 13.2 Å². The van der Waals surface area contributed by atoms with Crippen molar-refractivity contribution >= 4 is 27.7 Å². The fourth-order valence-electron chi connectivity index (χ4n) is 2.95. The van der Waals surface area contributed by atoms with Gasteiger partial charge in [0.15, 0.2) is 0 Å². The number of nitrogens with two attached hydrogens (primary N) is 1. The Balaban J connectivity index is 1.79. The van der Waals surface area contributed by atoms with E-state index in [1.807, 2.05) is 0 Å². The first-order valence-corrected chi connectivity index (χ1v) is 8.14. The van der Waals surface area contributed by atoms with Crippen LogP contribution in [-0.4, -0.2) is 25.7 Å². The SMILES string of the molecule is NNC(=O)c1ccc2ncc3cnn(Cc4ccc(C(F)(F)F)cn4)c3c2c1. The van der Waals surface area contributed by atoms with Gasteiger partial charge in [-0.15, -0.1) is 0 Å². The summed E-state index contributed by atoms with van der Waals surface area (Å²) in [6, 6.07) is 7.23. The number of halogens is 3. The van der Waals surface area contributed by atoms with Crippen molar-refractivity contribution in [2.45, 2.75) is 12.7 Å². The average Bonchev–Trinajstić information content (AvgIpc) is 3.10. The van der Waals surface area contributed by atoms with Gasteiger partial charge in [-0.25, -0.2) is 5.84 Å². The van der Waals surface area contributed by atoms with Crippen molar-refractivity contribution in [3.05, 3.63) is 65.7 Å². The number of benzene rings is 1. The number of carbonyl (C=O) groups is 1. The zero-order valence-corrected chi connectivity index (χ0v) is 14.2. The molecule has 0 atom stereocenters. The predicted octanol–water partition coefficient (Wildman–Crippen LogP) is 2.65. The van der Waals surface area contributed by atoms with Crippen molar-refractivity contribution in [3.63, 3.8) is 0 Å². The highest BCUT2D eigenvalue weighted by Crippen LogP contribution is 2.29. The lowest BCUT2D eigenvalue weighted by molar-refractivity contribution is -0.137. The molecule has 1 aromatic carbocycles. The van der Waals surface area contributed by atoms with Gasteiger partial charge in [0.1, 0.15) is 0 Å². The standard InChI is InChI=1S/C18H13F3N6O/c19-18(20,21)12-2-3-13(23-8-12)9-27-16-11(7-25-27)6-24-15-4-1-10(5-14(15)16)17(28)26-22/h1-8H,9,22H2,(H,26,28). The number of carbonyl (C=O) groups excluding carboxylic acids is 1. The van der Waals surface area contributed by atoms with Crippen molar-refractivity contribution in [1.29, 1.82) is 0 Å². The van der Waals surface area contributed by atoms with Crippen molar-refractivity contribution in [2.75, 3.05) is 0 Å². The Bertz CT molecular complexity index is 1180. The molecular weight excluding hydrogens is 373 g/mol. The van der Waals surface area contributed by atoms with Crippen molar-refractivity contribution in [3.8, 4) is 0 Å². The van der Waals surface area contributed by atoms with Crippen molar-refractivity contribution < 1.29 is 18.0 Å². The smallest absolute Gasteiger partial charge is 0.290 e. The number of nitrogens with one attached hydrogen (secondary N) is 1. The molecule has 28 heavy (non-hydrogen) atoms. The summed E-state index contributed by atoms with van der Waals surface area (Å²) in [5, 5.41) is 5.69. The molecule has 142 valence electrons. The Hall–Kier alpha value is -3.53. The fourth-order valence-corrected chi connectivity index (χ4v) is 2.95. The van der Waals surface area contributed by atoms with Crippen LogP contribution in [0.15, 0.2) is 48.9 Å². The molecule has 3 aromatic heterocycles. The second-order valence-corrected chi connectivity index (χ2v) is 6.11. The molecule has 10 heteroatoms. The first-order valence-electron chi connectivity index (χ1n) is 8.14. The Morgan fingerprint density at radius 3 is 2.61 bits per heavy atom. The summed E-state index contributed by atoms with van der Waals surface area (Å²) >= 11 is 0. The first kappa shape index (κ1) is 17.9. The van der Waals surface area contributed by atoms with E-state index >= 15 is 0 Å². The van der Waals surface area contributed by atoms with Gasteiger partial charge in [0.05, 0.1) is 35.0 Å². The van der Waals surface area contributed by atoms with Gasteiger partial charge in [-0.05, 0) is 30.3 Å². The highest BCUT2D eigenvalue weighted by molar-refractivity contribution is 6.06. The molecular formula is C18H13F3N6O. The normalized spacial score (nSPS) is 11.9. The van der Waals surface area contributed by atoms with Crippen LogP contribution in [-0.2, 0) is 12.7 Å². The Kier molecular flexibility index (Phi) is 4.19. The van der Waals surface area contributed by atoms with E-state index in [0.29, 0.717) is 27.7 Å². The molecule has 0 saturated heterocycles. The molecule has 0 saturated carbocycles. The van der Waals surface area contributed by atoms with Gasteiger partial charge in [0, 0.05) is 28.7 Å². The number of amides is 1. The minimum atomic E-state index is -4.44. The zero-order valence-electron chi connectivity index (χ0n) is 14.2. The highest BCUT2D eigenvalue weighted by atomic mass is 19.4. The van der Waals surface area contributed by atoms with Crippen LogP contribution in [0.3, 0.4) is 0 Å². The zero-order chi connectivity index (χ0) is 19.9. The van der Waals surface area contributed by atoms with Gasteiger partial charge in [-0.2, -0.15) is 18.3 Å². The molecule has 3 N–H and O–H groups in total. The monoisotopic (exact) mass is 386 g/mol. The molecule has 4 aromatic rings. The number of hydrazine groups is 1. The molecule has 0 aliphatic rings. The first-order chi connectivity index (χ1) is 13.4. The van der Waals surface area contributed by atoms with E-state index in [4.69, 9.17) is 5.84 Å². The van der Waals surface area contributed by atoms with E-state index in [1.54, 1.807) is 35.3 Å². The van der Waals surface area contributed by atoms with Gasteiger partial charge >= 0.3 is 6.18 Å². The number of rotatable bonds is 3. The van der Waals surface area contributed by atoms with E-state index in [2.05, 4.69) is 20.5 Å². The van der Waals surface area contributed by atoms with E-state index in [0.717, 1.165) is 17.6 Å². The molecule has 0 aliphatic carbocycles. The largest absolute Gasteiger partial charge is 0.417 e. The second-order valence-electron chi connectivity index (χ2n) is 6.11. The average molecular weight is 386 g/mol. The maximum absolute atomic E-state index is 12.7. The molecule has 0 bridgehead atoms. The number of fused-ring (bicyclic) bond motifs is 3. The molecule has 3 heterocycles. The van der Waals surface area contributed by atoms with Crippen molar-refractivity contribution in [1.82, 2.24) is 25.2 Å². The minimum Gasteiger partial charge on any atom is -0.290 e. The number of pyridine rings is 2. The fraction of sp³-hybridized carbons (Fsp3) is 0.111. The van der Waals surface area contributed by atoms with Gasteiger partial charge < -0.3 is 0 Å². The van der Waals surface area contributed by atoms with E-state index in [-0.39, 0.29) is 6.54 Å². The van der Waals surface area contributed by atoms with Crippen molar-refractivity contribution in [2.24, 2.45) is 5.84 Å². The van der Waals surface area contributed by atoms with E-state index in [1.165, 1.54) is 6.07 Å². The summed E-state index contributed by atoms with van der Waals surface area (Å²) in [4.78, 5) is 20.1. The lowest BCUT2D eigenvalue weighted by Gasteiger charge is -2.09. The quantitative estimate of drug-likeness (QED) is 0.320. The van der Waals surface area contributed by atoms with Crippen LogP contribution in [0.2, 0.25) is 0 Å². The molecule has 7 nitrogen and oxygen atoms in total. The van der Waals surface area contributed by atoms with Gasteiger partial charge in [-0.1, -0.05) is 0 Å². The number of nitrogens with zero attached hydrogens (tertiary/aromatic N) is 4. The van der Waals surface area contributed by atoms with Crippen LogP contribution in [0.1, 0.15) is 21.6 Å². The van der Waals surface area contributed by atoms with Crippen LogP contribution in [0.25, 0.3) is 21.8 Å². The predicted molar refractivity (Wildman–Crippen MR) is 95.0 cm³/mol. The second kappa shape index (κ2) is 6.57. The van der Waals surface area contributed by atoms with Gasteiger partial charge in [-0.3, -0.25) is 24.9 Å². The van der Waals surface area contributed by atoms with Gasteiger partial charge in [0.25, 0.3) is 5.91 Å². The third-order valence-corrected chi connectivity index (χ3v) is 4.32. The minimum absolute atomic E-state index is 0.161. The van der Waals surface area contributed by atoms with Gasteiger partial charge in [0.2, 0.25) is 0 Å². The number of nitrogen functional groups attached to an aromatic ring is 1. The third-order valence-electron chi connectivity index (χ3n) is 4.32. The lowest BCUT2D eigenvalue weighted by Crippen LogP contribution is -2.29. The Morgan fingerprint density at radius 2 is 1.93 bits per heavy atom. The molecule has 1 amide bonds. The molecule has 0 spiro atoms. The van der Waals surface area contributed by atoms with E-state index < -0.39 is 17.6 Å². The number of hydrogen-bond acceptors (Lipinski definition) is 5. The van der Waals surface area contributed by atoms with Crippen LogP contribution in [0.5, 0.6) is 0 Å². The topological polar surface area (TPSA) is 98.7 Å². The maximum Gasteiger partial charge on any atom is 0.417 e. The summed E-state index contributed by atoms with van der Waals surface area (Å²) in [5.41, 5.74) is 3.37. The number of aromatic nitrogens is 4. The maximum atomic E-state index is 12.7. The Labute approximate surface area is 156 Å². The number of hydrogen-bond donors (Lipinski definition) is 2. The lowest BCUT2D eigenvalue weighted by atomic mass is 10.1. The summed E-state index contributed by atoms with van der Waals surface area (Å²) in [5.74, 6) is 4.74. The summed E-state index contributed by atoms with van der Waals surface area (Å²) in [7, 11) is 0.